The number of fused-ring (bicyclic) bond motifs is 1. The molecule has 4 heterocycles. The number of hydrogen-bond donors (Lipinski definition) is 1. The first kappa shape index (κ1) is 26.3. The summed E-state index contributed by atoms with van der Waals surface area (Å²) in [6.07, 6.45) is 5.89. The summed E-state index contributed by atoms with van der Waals surface area (Å²) in [7, 11) is 3.37. The van der Waals surface area contributed by atoms with E-state index >= 15 is 0 Å². The Morgan fingerprint density at radius 3 is 2.65 bits per heavy atom. The Balaban J connectivity index is 1.45. The minimum atomic E-state index is -1.26. The summed E-state index contributed by atoms with van der Waals surface area (Å²) >= 11 is 1.61. The van der Waals surface area contributed by atoms with Gasteiger partial charge in [0.1, 0.15) is 11.3 Å². The maximum atomic E-state index is 12.9. The van der Waals surface area contributed by atoms with E-state index in [4.69, 9.17) is 14.5 Å². The molecule has 10 heteroatoms. The molecule has 2 saturated heterocycles. The van der Waals surface area contributed by atoms with E-state index in [1.165, 1.54) is 12.3 Å². The highest BCUT2D eigenvalue weighted by molar-refractivity contribution is 7.22. The van der Waals surface area contributed by atoms with Crippen LogP contribution in [-0.2, 0) is 4.74 Å². The molecule has 0 bridgehead atoms. The molecular formula is C30H32N4O5S. The zero-order chi connectivity index (χ0) is 27.8. The van der Waals surface area contributed by atoms with Crippen molar-refractivity contribution >= 4 is 38.3 Å². The molecule has 1 atom stereocenters. The van der Waals surface area contributed by atoms with Crippen molar-refractivity contribution in [2.75, 3.05) is 50.3 Å². The monoisotopic (exact) mass is 560 g/mol. The third kappa shape index (κ3) is 4.82. The smallest absolute Gasteiger partial charge is 0.341 e. The Bertz CT molecular complexity index is 1620. The van der Waals surface area contributed by atoms with Crippen LogP contribution in [0.25, 0.3) is 27.2 Å². The number of carboxylic acids is 1. The number of pyridine rings is 1. The molecule has 2 aromatic heterocycles. The zero-order valence-corrected chi connectivity index (χ0v) is 23.4. The quantitative estimate of drug-likeness (QED) is 0.320. The lowest BCUT2D eigenvalue weighted by Crippen LogP contribution is -2.32. The van der Waals surface area contributed by atoms with Gasteiger partial charge in [-0.05, 0) is 56.0 Å². The number of ether oxygens (including phenoxy) is 2. The molecule has 0 aliphatic carbocycles. The molecule has 4 aromatic rings. The predicted molar refractivity (Wildman–Crippen MR) is 158 cm³/mol. The van der Waals surface area contributed by atoms with Gasteiger partial charge in [-0.2, -0.15) is 0 Å². The average Bonchev–Trinajstić information content (AvgIpc) is 3.73. The summed E-state index contributed by atoms with van der Waals surface area (Å²) < 4.78 is 13.9. The molecule has 9 nitrogen and oxygen atoms in total. The van der Waals surface area contributed by atoms with Gasteiger partial charge in [-0.25, -0.2) is 9.78 Å². The van der Waals surface area contributed by atoms with Crippen LogP contribution in [0.3, 0.4) is 0 Å². The fourth-order valence-corrected chi connectivity index (χ4v) is 6.91. The topological polar surface area (TPSA) is 97.1 Å². The summed E-state index contributed by atoms with van der Waals surface area (Å²) in [5, 5.41) is 10.7. The SMILES string of the molecule is COC[C@H]1CCCN1c1nc2ccc(-n3cc(C(=O)O)c(=O)cc3-c3ccc(N4CCCC4)c(OC)c3)cc2s1. The van der Waals surface area contributed by atoms with Gasteiger partial charge in [0.05, 0.1) is 41.4 Å². The maximum absolute atomic E-state index is 12.9. The minimum Gasteiger partial charge on any atom is -0.495 e. The van der Waals surface area contributed by atoms with Gasteiger partial charge < -0.3 is 28.9 Å². The first-order valence-corrected chi connectivity index (χ1v) is 14.4. The molecule has 40 heavy (non-hydrogen) atoms. The van der Waals surface area contributed by atoms with Crippen molar-refractivity contribution in [1.29, 1.82) is 0 Å². The highest BCUT2D eigenvalue weighted by atomic mass is 32.1. The molecule has 0 unspecified atom stereocenters. The van der Waals surface area contributed by atoms with E-state index in [2.05, 4.69) is 9.80 Å². The number of methoxy groups -OCH3 is 2. The second kappa shape index (κ2) is 10.9. The van der Waals surface area contributed by atoms with Gasteiger partial charge in [0.15, 0.2) is 10.6 Å². The van der Waals surface area contributed by atoms with Crippen molar-refractivity contribution in [3.63, 3.8) is 0 Å². The average molecular weight is 561 g/mol. The molecule has 2 aliphatic heterocycles. The summed E-state index contributed by atoms with van der Waals surface area (Å²) in [6.45, 7) is 3.57. The van der Waals surface area contributed by atoms with E-state index in [0.29, 0.717) is 18.3 Å². The maximum Gasteiger partial charge on any atom is 0.341 e. The van der Waals surface area contributed by atoms with Crippen molar-refractivity contribution < 1.29 is 19.4 Å². The normalized spacial score (nSPS) is 17.2. The van der Waals surface area contributed by atoms with Crippen molar-refractivity contribution in [3.05, 3.63) is 64.4 Å². The second-order valence-corrected chi connectivity index (χ2v) is 11.3. The molecule has 0 radical (unpaired) electrons. The molecule has 0 spiro atoms. The molecule has 6 rings (SSSR count). The summed E-state index contributed by atoms with van der Waals surface area (Å²) in [6, 6.07) is 13.5. The third-order valence-corrected chi connectivity index (χ3v) is 8.88. The van der Waals surface area contributed by atoms with Crippen molar-refractivity contribution in [2.45, 2.75) is 31.7 Å². The lowest BCUT2D eigenvalue weighted by molar-refractivity contribution is 0.0695. The first-order chi connectivity index (χ1) is 19.5. The summed E-state index contributed by atoms with van der Waals surface area (Å²) in [5.41, 5.74) is 3.17. The van der Waals surface area contributed by atoms with Crippen LogP contribution < -0.4 is 20.0 Å². The van der Waals surface area contributed by atoms with Crippen LogP contribution in [0.15, 0.2) is 53.5 Å². The van der Waals surface area contributed by atoms with Gasteiger partial charge >= 0.3 is 5.97 Å². The van der Waals surface area contributed by atoms with Crippen molar-refractivity contribution in [3.8, 4) is 22.7 Å². The standard InChI is InChI=1S/C30H32N4O5S/c1-38-18-21-6-5-13-33(21)30-31-23-9-8-20(15-28(23)40-30)34-17-22(29(36)37)26(35)16-25(34)19-7-10-24(27(14-19)39-2)32-11-3-4-12-32/h7-10,14-17,21H,3-6,11-13,18H2,1-2H3,(H,36,37)/t21-/m1/s1. The second-order valence-electron chi connectivity index (χ2n) is 10.3. The fourth-order valence-electron chi connectivity index (χ4n) is 5.81. The number of thiazole rings is 1. The number of aromatic nitrogens is 2. The molecule has 1 N–H and O–H groups in total. The van der Waals surface area contributed by atoms with Crippen LogP contribution in [0.1, 0.15) is 36.0 Å². The van der Waals surface area contributed by atoms with Gasteiger partial charge in [0, 0.05) is 50.3 Å². The molecule has 2 aromatic carbocycles. The van der Waals surface area contributed by atoms with Gasteiger partial charge in [-0.3, -0.25) is 4.79 Å². The number of hydrogen-bond acceptors (Lipinski definition) is 8. The Hall–Kier alpha value is -3.89. The molecule has 0 saturated carbocycles. The number of benzene rings is 2. The van der Waals surface area contributed by atoms with Crippen molar-refractivity contribution in [1.82, 2.24) is 9.55 Å². The Morgan fingerprint density at radius 2 is 1.90 bits per heavy atom. The molecule has 0 amide bonds. The summed E-state index contributed by atoms with van der Waals surface area (Å²) in [4.78, 5) is 34.3. The third-order valence-electron chi connectivity index (χ3n) is 7.82. The lowest BCUT2D eigenvalue weighted by Gasteiger charge is -2.22. The van der Waals surface area contributed by atoms with Gasteiger partial charge in [-0.1, -0.05) is 17.4 Å². The van der Waals surface area contributed by atoms with Crippen molar-refractivity contribution in [2.24, 2.45) is 0 Å². The molecule has 2 aliphatic rings. The number of carboxylic acid groups (broad SMARTS) is 1. The molecular weight excluding hydrogens is 528 g/mol. The highest BCUT2D eigenvalue weighted by Gasteiger charge is 2.27. The van der Waals surface area contributed by atoms with E-state index in [1.54, 1.807) is 30.1 Å². The van der Waals surface area contributed by atoms with E-state index in [9.17, 15) is 14.7 Å². The lowest BCUT2D eigenvalue weighted by atomic mass is 10.1. The van der Waals surface area contributed by atoms with Crippen LogP contribution in [0.5, 0.6) is 5.75 Å². The van der Waals surface area contributed by atoms with Gasteiger partial charge in [-0.15, -0.1) is 0 Å². The predicted octanol–water partition coefficient (Wildman–Crippen LogP) is 5.04. The number of anilines is 2. The van der Waals surface area contributed by atoms with E-state index < -0.39 is 11.4 Å². The number of aromatic carboxylic acids is 1. The molecule has 208 valence electrons. The van der Waals surface area contributed by atoms with Crippen LogP contribution in [-0.4, -0.2) is 67.1 Å². The van der Waals surface area contributed by atoms with E-state index in [0.717, 1.165) is 83.4 Å². The van der Waals surface area contributed by atoms with Crippen LogP contribution >= 0.6 is 11.3 Å². The highest BCUT2D eigenvalue weighted by Crippen LogP contribution is 2.37. The number of carbonyl (C=O) groups is 1. The first-order valence-electron chi connectivity index (χ1n) is 13.6. The Kier molecular flexibility index (Phi) is 7.20. The minimum absolute atomic E-state index is 0.283. The Morgan fingerprint density at radius 1 is 1.07 bits per heavy atom. The largest absolute Gasteiger partial charge is 0.495 e. The van der Waals surface area contributed by atoms with Gasteiger partial charge in [0.25, 0.3) is 0 Å². The number of nitrogens with zero attached hydrogens (tertiary/aromatic N) is 4. The van der Waals surface area contributed by atoms with E-state index in [-0.39, 0.29) is 5.56 Å². The fraction of sp³-hybridized carbons (Fsp3) is 0.367. The zero-order valence-electron chi connectivity index (χ0n) is 22.6. The summed E-state index contributed by atoms with van der Waals surface area (Å²) in [5.74, 6) is -0.536. The van der Waals surface area contributed by atoms with E-state index in [1.807, 2.05) is 36.4 Å². The number of rotatable bonds is 8. The Labute approximate surface area is 236 Å². The van der Waals surface area contributed by atoms with Crippen LogP contribution in [0, 0.1) is 0 Å². The van der Waals surface area contributed by atoms with Gasteiger partial charge in [0.2, 0.25) is 0 Å². The molecule has 2 fully saturated rings. The van der Waals surface area contributed by atoms with Crippen LogP contribution in [0.2, 0.25) is 0 Å². The van der Waals surface area contributed by atoms with Crippen LogP contribution in [0.4, 0.5) is 10.8 Å².